The van der Waals surface area contributed by atoms with E-state index in [0.29, 0.717) is 0 Å². The highest BCUT2D eigenvalue weighted by atomic mass is 35.5. The number of rotatable bonds is 4. The van der Waals surface area contributed by atoms with Gasteiger partial charge in [-0.05, 0) is 12.1 Å². The van der Waals surface area contributed by atoms with Crippen LogP contribution in [0.1, 0.15) is 0 Å². The van der Waals surface area contributed by atoms with Gasteiger partial charge in [-0.3, -0.25) is 0 Å². The number of nitrogens with one attached hydrogen (secondary N) is 1. The normalized spacial score (nSPS) is 11.8. The number of halogens is 3. The molecule has 1 aromatic rings. The molecule has 0 atom stereocenters. The maximum absolute atomic E-state index is 11.7. The largest absolute Gasteiger partial charge is 0.395 e. The fraction of sp³-hybridized carbons (Fsp3) is 0.250. The van der Waals surface area contributed by atoms with E-state index in [2.05, 4.69) is 4.72 Å². The van der Waals surface area contributed by atoms with Gasteiger partial charge in [-0.1, -0.05) is 34.8 Å². The molecule has 0 heterocycles. The molecule has 0 saturated heterocycles. The van der Waals surface area contributed by atoms with Crippen LogP contribution >= 0.6 is 34.8 Å². The van der Waals surface area contributed by atoms with Crippen molar-refractivity contribution in [3.8, 4) is 0 Å². The van der Waals surface area contributed by atoms with Crippen molar-refractivity contribution in [1.82, 2.24) is 4.72 Å². The van der Waals surface area contributed by atoms with Gasteiger partial charge in [0.2, 0.25) is 10.0 Å². The molecule has 0 bridgehead atoms. The van der Waals surface area contributed by atoms with E-state index < -0.39 is 10.0 Å². The van der Waals surface area contributed by atoms with Gasteiger partial charge in [0.1, 0.15) is 4.90 Å². The van der Waals surface area contributed by atoms with E-state index in [1.54, 1.807) is 0 Å². The summed E-state index contributed by atoms with van der Waals surface area (Å²) in [4.78, 5) is -0.169. The zero-order chi connectivity index (χ0) is 12.3. The van der Waals surface area contributed by atoms with Crippen molar-refractivity contribution in [3.63, 3.8) is 0 Å². The first-order valence-corrected chi connectivity index (χ1v) is 6.75. The highest BCUT2D eigenvalue weighted by Crippen LogP contribution is 2.31. The molecule has 1 aromatic carbocycles. The maximum Gasteiger partial charge on any atom is 0.242 e. The molecule has 8 heteroatoms. The van der Waals surface area contributed by atoms with Crippen LogP contribution in [0, 0.1) is 0 Å². The Kier molecular flexibility index (Phi) is 4.85. The zero-order valence-corrected chi connectivity index (χ0v) is 11.0. The molecule has 2 N–H and O–H groups in total. The van der Waals surface area contributed by atoms with Crippen LogP contribution in [-0.2, 0) is 10.0 Å². The summed E-state index contributed by atoms with van der Waals surface area (Å²) < 4.78 is 25.5. The minimum absolute atomic E-state index is 0.0279. The summed E-state index contributed by atoms with van der Waals surface area (Å²) >= 11 is 17.1. The Bertz CT molecular complexity index is 490. The number of benzene rings is 1. The van der Waals surface area contributed by atoms with Gasteiger partial charge in [-0.2, -0.15) is 0 Å². The highest BCUT2D eigenvalue weighted by Gasteiger charge is 2.19. The van der Waals surface area contributed by atoms with Gasteiger partial charge in [0.05, 0.1) is 21.7 Å². The predicted octanol–water partition coefficient (Wildman–Crippen LogP) is 1.92. The molecule has 16 heavy (non-hydrogen) atoms. The molecule has 90 valence electrons. The van der Waals surface area contributed by atoms with Crippen LogP contribution in [0.2, 0.25) is 15.1 Å². The number of hydrogen-bond acceptors (Lipinski definition) is 3. The molecule has 0 saturated carbocycles. The Labute approximate surface area is 108 Å². The standard InChI is InChI=1S/C8H8Cl3NO3S/c9-5-3-7(11)8(4-6(5)10)16(14,15)12-1-2-13/h3-4,12-13H,1-2H2. The van der Waals surface area contributed by atoms with Gasteiger partial charge in [-0.15, -0.1) is 0 Å². The zero-order valence-electron chi connectivity index (χ0n) is 7.87. The summed E-state index contributed by atoms with van der Waals surface area (Å²) in [6.07, 6.45) is 0. The van der Waals surface area contributed by atoms with Crippen molar-refractivity contribution < 1.29 is 13.5 Å². The molecule has 0 aromatic heterocycles. The van der Waals surface area contributed by atoms with E-state index >= 15 is 0 Å². The van der Waals surface area contributed by atoms with E-state index in [1.807, 2.05) is 0 Å². The van der Waals surface area contributed by atoms with Crippen molar-refractivity contribution >= 4 is 44.8 Å². The molecule has 0 spiro atoms. The van der Waals surface area contributed by atoms with Gasteiger partial charge in [0.25, 0.3) is 0 Å². The topological polar surface area (TPSA) is 66.4 Å². The van der Waals surface area contributed by atoms with Crippen molar-refractivity contribution in [2.45, 2.75) is 4.90 Å². The smallest absolute Gasteiger partial charge is 0.242 e. The van der Waals surface area contributed by atoms with Crippen LogP contribution < -0.4 is 4.72 Å². The first kappa shape index (κ1) is 14.0. The third-order valence-corrected chi connectivity index (χ3v) is 4.32. The Hall–Kier alpha value is -0.0400. The lowest BCUT2D eigenvalue weighted by molar-refractivity contribution is 0.301. The minimum Gasteiger partial charge on any atom is -0.395 e. The summed E-state index contributed by atoms with van der Waals surface area (Å²) in [5, 5.41) is 8.78. The number of aliphatic hydroxyl groups excluding tert-OH is 1. The Morgan fingerprint density at radius 3 is 2.25 bits per heavy atom. The molecule has 0 aliphatic carbocycles. The second-order valence-corrected chi connectivity index (χ2v) is 5.78. The van der Waals surface area contributed by atoms with Crippen LogP contribution in [0.25, 0.3) is 0 Å². The lowest BCUT2D eigenvalue weighted by Crippen LogP contribution is -2.26. The second-order valence-electron chi connectivity index (χ2n) is 2.82. The molecular formula is C8H8Cl3NO3S. The summed E-state index contributed by atoms with van der Waals surface area (Å²) in [6.45, 7) is -0.406. The Morgan fingerprint density at radius 1 is 1.12 bits per heavy atom. The number of hydrogen-bond donors (Lipinski definition) is 2. The molecule has 1 rings (SSSR count). The highest BCUT2D eigenvalue weighted by molar-refractivity contribution is 7.89. The Morgan fingerprint density at radius 2 is 1.69 bits per heavy atom. The van der Waals surface area contributed by atoms with Crippen LogP contribution in [0.15, 0.2) is 17.0 Å². The second kappa shape index (κ2) is 5.53. The first-order valence-electron chi connectivity index (χ1n) is 4.13. The fourth-order valence-corrected chi connectivity index (χ4v) is 2.99. The number of sulfonamides is 1. The molecule has 0 aliphatic rings. The average Bonchev–Trinajstić information content (AvgIpc) is 2.20. The lowest BCUT2D eigenvalue weighted by atomic mass is 10.4. The van der Waals surface area contributed by atoms with Gasteiger partial charge < -0.3 is 5.11 Å². The summed E-state index contributed by atoms with van der Waals surface area (Å²) in [7, 11) is -3.78. The molecule has 0 fully saturated rings. The van der Waals surface area contributed by atoms with Crippen molar-refractivity contribution in [3.05, 3.63) is 27.2 Å². The monoisotopic (exact) mass is 303 g/mol. The molecule has 0 unspecified atom stereocenters. The molecule has 0 radical (unpaired) electrons. The van der Waals surface area contributed by atoms with E-state index in [4.69, 9.17) is 39.9 Å². The first-order chi connectivity index (χ1) is 7.38. The maximum atomic E-state index is 11.7. The van der Waals surface area contributed by atoms with E-state index in [9.17, 15) is 8.42 Å². The van der Waals surface area contributed by atoms with Crippen molar-refractivity contribution in [1.29, 1.82) is 0 Å². The molecular weight excluding hydrogens is 297 g/mol. The minimum atomic E-state index is -3.78. The Balaban J connectivity index is 3.18. The molecule has 0 amide bonds. The van der Waals surface area contributed by atoms with Crippen LogP contribution in [0.3, 0.4) is 0 Å². The third kappa shape index (κ3) is 3.23. The van der Waals surface area contributed by atoms with Gasteiger partial charge >= 0.3 is 0 Å². The van der Waals surface area contributed by atoms with E-state index in [0.717, 1.165) is 6.07 Å². The quantitative estimate of drug-likeness (QED) is 0.835. The average molecular weight is 305 g/mol. The predicted molar refractivity (Wildman–Crippen MR) is 63.7 cm³/mol. The van der Waals surface area contributed by atoms with Crippen LogP contribution in [0.4, 0.5) is 0 Å². The molecule has 4 nitrogen and oxygen atoms in total. The van der Waals surface area contributed by atoms with Gasteiger partial charge in [-0.25, -0.2) is 13.1 Å². The summed E-state index contributed by atoms with van der Waals surface area (Å²) in [5.41, 5.74) is 0. The molecule has 0 aliphatic heterocycles. The van der Waals surface area contributed by atoms with Crippen molar-refractivity contribution in [2.24, 2.45) is 0 Å². The fourth-order valence-electron chi connectivity index (χ4n) is 0.968. The van der Waals surface area contributed by atoms with Crippen LogP contribution in [0.5, 0.6) is 0 Å². The van der Waals surface area contributed by atoms with Crippen molar-refractivity contribution in [2.75, 3.05) is 13.2 Å². The summed E-state index contributed by atoms with van der Waals surface area (Å²) in [5.74, 6) is 0. The lowest BCUT2D eigenvalue weighted by Gasteiger charge is -2.08. The third-order valence-electron chi connectivity index (χ3n) is 1.67. The van der Waals surface area contributed by atoms with Gasteiger partial charge in [0, 0.05) is 6.54 Å². The summed E-state index contributed by atoms with van der Waals surface area (Å²) in [6, 6.07) is 2.41. The SMILES string of the molecule is O=S(=O)(NCCO)c1cc(Cl)c(Cl)cc1Cl. The van der Waals surface area contributed by atoms with Gasteiger partial charge in [0.15, 0.2) is 0 Å². The number of aliphatic hydroxyl groups is 1. The van der Waals surface area contributed by atoms with E-state index in [1.165, 1.54) is 6.07 Å². The van der Waals surface area contributed by atoms with Crippen LogP contribution in [-0.4, -0.2) is 26.7 Å². The van der Waals surface area contributed by atoms with E-state index in [-0.39, 0.29) is 33.1 Å².